The molecule has 1 amide bonds. The normalized spacial score (nSPS) is 17.5. The molecule has 5 nitrogen and oxygen atoms in total. The summed E-state index contributed by atoms with van der Waals surface area (Å²) in [4.78, 5) is 18.6. The lowest BCUT2D eigenvalue weighted by atomic mass is 10.2. The number of nitrogens with zero attached hydrogens (tertiary/aromatic N) is 2. The minimum absolute atomic E-state index is 0.00597. The Kier molecular flexibility index (Phi) is 6.51. The van der Waals surface area contributed by atoms with E-state index in [9.17, 15) is 18.0 Å². The Bertz CT molecular complexity index is 784. The first-order chi connectivity index (χ1) is 13.4. The van der Waals surface area contributed by atoms with Gasteiger partial charge in [-0.05, 0) is 56.6 Å². The summed E-state index contributed by atoms with van der Waals surface area (Å²) in [6.45, 7) is 0.884. The summed E-state index contributed by atoms with van der Waals surface area (Å²) < 4.78 is 42.9. The standard InChI is InChI=1S/C20H22F3N3O2/c21-20(22,23)10-5-13-26-12-4-8-17(26)19(27)25-16-7-1-2-9-18(16)28-15-6-3-11-24-14-15/h1-3,6-7,9,11,14,17H,4-5,8,10,12-13H2,(H,25,27)/t17-/m1/s1. The zero-order chi connectivity index (χ0) is 20.0. The van der Waals surface area contributed by atoms with Gasteiger partial charge in [0.15, 0.2) is 5.75 Å². The Morgan fingerprint density at radius 2 is 2.07 bits per heavy atom. The summed E-state index contributed by atoms with van der Waals surface area (Å²) in [5, 5.41) is 2.86. The Hall–Kier alpha value is -2.61. The molecule has 1 aliphatic heterocycles. The predicted octanol–water partition coefficient (Wildman–Crippen LogP) is 4.62. The first-order valence-electron chi connectivity index (χ1n) is 9.21. The summed E-state index contributed by atoms with van der Waals surface area (Å²) in [5.41, 5.74) is 0.512. The molecule has 1 fully saturated rings. The van der Waals surface area contributed by atoms with Crippen LogP contribution in [0.5, 0.6) is 11.5 Å². The summed E-state index contributed by atoms with van der Waals surface area (Å²) in [6.07, 6.45) is -0.388. The fourth-order valence-electron chi connectivity index (χ4n) is 3.28. The van der Waals surface area contributed by atoms with Gasteiger partial charge in [0.1, 0.15) is 5.75 Å². The van der Waals surface area contributed by atoms with E-state index < -0.39 is 18.6 Å². The van der Waals surface area contributed by atoms with Crippen molar-refractivity contribution in [3.8, 4) is 11.5 Å². The smallest absolute Gasteiger partial charge is 0.389 e. The third-order valence-corrected chi connectivity index (χ3v) is 4.58. The van der Waals surface area contributed by atoms with Gasteiger partial charge in [0.25, 0.3) is 0 Å². The molecule has 28 heavy (non-hydrogen) atoms. The van der Waals surface area contributed by atoms with Crippen molar-refractivity contribution in [2.75, 3.05) is 18.4 Å². The molecule has 3 rings (SSSR count). The number of benzene rings is 1. The molecule has 1 saturated heterocycles. The number of aromatic nitrogens is 1. The van der Waals surface area contributed by atoms with Gasteiger partial charge in [0, 0.05) is 12.6 Å². The second-order valence-corrected chi connectivity index (χ2v) is 6.69. The number of carbonyl (C=O) groups excluding carboxylic acids is 1. The number of ether oxygens (including phenoxy) is 1. The highest BCUT2D eigenvalue weighted by Gasteiger charge is 2.32. The van der Waals surface area contributed by atoms with Gasteiger partial charge in [-0.25, -0.2) is 0 Å². The van der Waals surface area contributed by atoms with Gasteiger partial charge >= 0.3 is 6.18 Å². The van der Waals surface area contributed by atoms with E-state index in [4.69, 9.17) is 4.74 Å². The van der Waals surface area contributed by atoms with Gasteiger partial charge in [-0.3, -0.25) is 14.7 Å². The van der Waals surface area contributed by atoms with E-state index >= 15 is 0 Å². The van der Waals surface area contributed by atoms with Crippen LogP contribution in [0.25, 0.3) is 0 Å². The average molecular weight is 393 g/mol. The van der Waals surface area contributed by atoms with E-state index in [1.165, 1.54) is 0 Å². The topological polar surface area (TPSA) is 54.5 Å². The van der Waals surface area contributed by atoms with Crippen molar-refractivity contribution >= 4 is 11.6 Å². The number of pyridine rings is 1. The number of anilines is 1. The fraction of sp³-hybridized carbons (Fsp3) is 0.400. The molecule has 0 aliphatic carbocycles. The summed E-state index contributed by atoms with van der Waals surface area (Å²) in [5.74, 6) is 0.788. The maximum absolute atomic E-state index is 12.7. The third kappa shape index (κ3) is 5.69. The van der Waals surface area contributed by atoms with Crippen LogP contribution in [-0.4, -0.2) is 41.1 Å². The van der Waals surface area contributed by atoms with Crippen LogP contribution in [0.1, 0.15) is 25.7 Å². The number of para-hydroxylation sites is 2. The van der Waals surface area contributed by atoms with Crippen LogP contribution in [0.2, 0.25) is 0 Å². The van der Waals surface area contributed by atoms with Gasteiger partial charge in [-0.1, -0.05) is 12.1 Å². The van der Waals surface area contributed by atoms with Crippen molar-refractivity contribution in [1.29, 1.82) is 0 Å². The molecule has 2 heterocycles. The summed E-state index contributed by atoms with van der Waals surface area (Å²) in [7, 11) is 0. The zero-order valence-electron chi connectivity index (χ0n) is 15.3. The number of halogens is 3. The maximum Gasteiger partial charge on any atom is 0.389 e. The van der Waals surface area contributed by atoms with E-state index in [2.05, 4.69) is 10.3 Å². The lowest BCUT2D eigenvalue weighted by Crippen LogP contribution is -2.40. The molecular formula is C20H22F3N3O2. The van der Waals surface area contributed by atoms with Gasteiger partial charge in [0.05, 0.1) is 17.9 Å². The monoisotopic (exact) mass is 393 g/mol. The van der Waals surface area contributed by atoms with Crippen LogP contribution in [-0.2, 0) is 4.79 Å². The van der Waals surface area contributed by atoms with Crippen LogP contribution in [0, 0.1) is 0 Å². The molecule has 0 spiro atoms. The number of carbonyl (C=O) groups is 1. The largest absolute Gasteiger partial charge is 0.454 e. The zero-order valence-corrected chi connectivity index (χ0v) is 15.3. The Morgan fingerprint density at radius 1 is 1.25 bits per heavy atom. The highest BCUT2D eigenvalue weighted by molar-refractivity contribution is 5.96. The minimum atomic E-state index is -4.17. The average Bonchev–Trinajstić information content (AvgIpc) is 3.12. The van der Waals surface area contributed by atoms with Crippen molar-refractivity contribution < 1.29 is 22.7 Å². The number of hydrogen-bond acceptors (Lipinski definition) is 4. The van der Waals surface area contributed by atoms with Crippen LogP contribution in [0.15, 0.2) is 48.8 Å². The molecule has 0 saturated carbocycles. The number of rotatable bonds is 7. The quantitative estimate of drug-likeness (QED) is 0.746. The molecule has 0 bridgehead atoms. The minimum Gasteiger partial charge on any atom is -0.454 e. The van der Waals surface area contributed by atoms with Crippen molar-refractivity contribution in [3.05, 3.63) is 48.8 Å². The number of nitrogens with one attached hydrogen (secondary N) is 1. The molecule has 1 aliphatic rings. The van der Waals surface area contributed by atoms with Crippen molar-refractivity contribution in [1.82, 2.24) is 9.88 Å². The van der Waals surface area contributed by atoms with E-state index in [0.29, 0.717) is 30.2 Å². The van der Waals surface area contributed by atoms with Gasteiger partial charge in [-0.15, -0.1) is 0 Å². The molecule has 1 N–H and O–H groups in total. The number of likely N-dealkylation sites (tertiary alicyclic amines) is 1. The number of amides is 1. The highest BCUT2D eigenvalue weighted by atomic mass is 19.4. The predicted molar refractivity (Wildman–Crippen MR) is 99.3 cm³/mol. The van der Waals surface area contributed by atoms with E-state index in [1.807, 2.05) is 4.90 Å². The van der Waals surface area contributed by atoms with Crippen molar-refractivity contribution in [3.63, 3.8) is 0 Å². The lowest BCUT2D eigenvalue weighted by Gasteiger charge is -2.24. The van der Waals surface area contributed by atoms with Gasteiger partial charge in [0.2, 0.25) is 5.91 Å². The van der Waals surface area contributed by atoms with Crippen LogP contribution in [0.4, 0.5) is 18.9 Å². The Morgan fingerprint density at radius 3 is 2.82 bits per heavy atom. The molecule has 1 aromatic carbocycles. The molecule has 1 aromatic heterocycles. The van der Waals surface area contributed by atoms with Crippen LogP contribution < -0.4 is 10.1 Å². The first kappa shape index (κ1) is 20.1. The van der Waals surface area contributed by atoms with Gasteiger partial charge in [-0.2, -0.15) is 13.2 Å². The fourth-order valence-corrected chi connectivity index (χ4v) is 3.28. The molecule has 8 heteroatoms. The highest BCUT2D eigenvalue weighted by Crippen LogP contribution is 2.30. The SMILES string of the molecule is O=C(Nc1ccccc1Oc1cccnc1)[C@H]1CCCN1CCCC(F)(F)F. The summed E-state index contributed by atoms with van der Waals surface area (Å²) >= 11 is 0. The van der Waals surface area contributed by atoms with Crippen LogP contribution in [0.3, 0.4) is 0 Å². The van der Waals surface area contributed by atoms with Crippen molar-refractivity contribution in [2.45, 2.75) is 37.9 Å². The second kappa shape index (κ2) is 9.05. The summed E-state index contributed by atoms with van der Waals surface area (Å²) in [6, 6.07) is 10.1. The molecular weight excluding hydrogens is 371 g/mol. The van der Waals surface area contributed by atoms with Gasteiger partial charge < -0.3 is 10.1 Å². The van der Waals surface area contributed by atoms with E-state index in [1.54, 1.807) is 48.8 Å². The molecule has 2 aromatic rings. The molecule has 0 radical (unpaired) electrons. The lowest BCUT2D eigenvalue weighted by molar-refractivity contribution is -0.136. The van der Waals surface area contributed by atoms with Crippen molar-refractivity contribution in [2.24, 2.45) is 0 Å². The number of alkyl halides is 3. The maximum atomic E-state index is 12.7. The molecule has 0 unspecified atom stereocenters. The Labute approximate surface area is 161 Å². The molecule has 150 valence electrons. The third-order valence-electron chi connectivity index (χ3n) is 4.58. The second-order valence-electron chi connectivity index (χ2n) is 6.69. The van der Waals surface area contributed by atoms with E-state index in [-0.39, 0.29) is 18.9 Å². The Balaban J connectivity index is 1.62. The van der Waals surface area contributed by atoms with E-state index in [0.717, 1.165) is 6.42 Å². The van der Waals surface area contributed by atoms with Crippen LogP contribution >= 0.6 is 0 Å². The first-order valence-corrected chi connectivity index (χ1v) is 9.21. The molecule has 1 atom stereocenters. The number of hydrogen-bond donors (Lipinski definition) is 1.